The monoisotopic (exact) mass is 293 g/mol. The van der Waals surface area contributed by atoms with Crippen LogP contribution in [0.2, 0.25) is 0 Å². The maximum Gasteiger partial charge on any atom is 0.270 e. The Bertz CT molecular complexity index is 613. The Hall–Kier alpha value is -1.99. The van der Waals surface area contributed by atoms with E-state index in [1.807, 2.05) is 12.3 Å². The van der Waals surface area contributed by atoms with Crippen LogP contribution in [0.1, 0.15) is 16.3 Å². The average molecular weight is 293 g/mol. The van der Waals surface area contributed by atoms with E-state index in [0.717, 1.165) is 16.3 Å². The van der Waals surface area contributed by atoms with Gasteiger partial charge >= 0.3 is 0 Å². The second-order valence-electron chi connectivity index (χ2n) is 4.24. The molecule has 1 heterocycles. The van der Waals surface area contributed by atoms with Crippen LogP contribution in [-0.2, 0) is 13.1 Å². The van der Waals surface area contributed by atoms with Gasteiger partial charge in [-0.05, 0) is 13.0 Å². The van der Waals surface area contributed by atoms with E-state index in [2.05, 4.69) is 10.3 Å². The highest BCUT2D eigenvalue weighted by Crippen LogP contribution is 2.23. The number of aromatic nitrogens is 1. The Labute approximate surface area is 120 Å². The van der Waals surface area contributed by atoms with Gasteiger partial charge in [-0.3, -0.25) is 10.1 Å². The van der Waals surface area contributed by atoms with Gasteiger partial charge in [-0.1, -0.05) is 0 Å². The molecule has 0 aliphatic heterocycles. The van der Waals surface area contributed by atoms with Gasteiger partial charge in [-0.25, -0.2) is 4.98 Å². The van der Waals surface area contributed by atoms with E-state index >= 15 is 0 Å². The zero-order valence-electron chi connectivity index (χ0n) is 11.3. The van der Waals surface area contributed by atoms with Gasteiger partial charge in [0.05, 0.1) is 12.0 Å². The van der Waals surface area contributed by atoms with E-state index in [0.29, 0.717) is 18.8 Å². The zero-order valence-corrected chi connectivity index (χ0v) is 12.1. The molecule has 2 aromatic rings. The summed E-state index contributed by atoms with van der Waals surface area (Å²) in [5.41, 5.74) is 1.82. The summed E-state index contributed by atoms with van der Waals surface area (Å²) in [6.07, 6.45) is 0. The number of hydrogen-bond acceptors (Lipinski definition) is 6. The van der Waals surface area contributed by atoms with Crippen molar-refractivity contribution in [2.45, 2.75) is 20.0 Å². The molecule has 1 aromatic heterocycles. The summed E-state index contributed by atoms with van der Waals surface area (Å²) < 4.78 is 5.21. The van der Waals surface area contributed by atoms with Crippen molar-refractivity contribution in [3.8, 4) is 5.75 Å². The third kappa shape index (κ3) is 3.52. The van der Waals surface area contributed by atoms with Gasteiger partial charge in [0.1, 0.15) is 10.8 Å². The van der Waals surface area contributed by atoms with E-state index < -0.39 is 4.92 Å². The molecule has 1 aromatic carbocycles. The topological polar surface area (TPSA) is 77.3 Å². The normalized spacial score (nSPS) is 10.5. The standard InChI is InChI=1S/C13H15N3O3S/c1-9-8-20-13(15-9)7-14-6-10-5-11(16(17)18)3-4-12(10)19-2/h3-5,8,14H,6-7H2,1-2H3. The number of ether oxygens (including phenoxy) is 1. The molecule has 0 saturated carbocycles. The number of nitro benzene ring substituents is 1. The third-order valence-electron chi connectivity index (χ3n) is 2.73. The number of hydrogen-bond donors (Lipinski definition) is 1. The lowest BCUT2D eigenvalue weighted by Gasteiger charge is -2.08. The lowest BCUT2D eigenvalue weighted by Crippen LogP contribution is -2.13. The highest BCUT2D eigenvalue weighted by molar-refractivity contribution is 7.09. The van der Waals surface area contributed by atoms with Crippen LogP contribution in [0.25, 0.3) is 0 Å². The van der Waals surface area contributed by atoms with E-state index in [-0.39, 0.29) is 5.69 Å². The second-order valence-corrected chi connectivity index (χ2v) is 5.18. The van der Waals surface area contributed by atoms with E-state index in [1.54, 1.807) is 24.5 Å². The largest absolute Gasteiger partial charge is 0.496 e. The number of nitrogens with one attached hydrogen (secondary N) is 1. The highest BCUT2D eigenvalue weighted by Gasteiger charge is 2.11. The molecule has 0 aliphatic rings. The maximum absolute atomic E-state index is 10.8. The predicted octanol–water partition coefficient (Wildman–Crippen LogP) is 2.66. The first-order valence-corrected chi connectivity index (χ1v) is 6.91. The van der Waals surface area contributed by atoms with Crippen molar-refractivity contribution >= 4 is 17.0 Å². The molecular formula is C13H15N3O3S. The first-order valence-electron chi connectivity index (χ1n) is 6.03. The molecule has 0 atom stereocenters. The summed E-state index contributed by atoms with van der Waals surface area (Å²) in [5, 5.41) is 17.0. The molecule has 2 rings (SSSR count). The van der Waals surface area contributed by atoms with Crippen molar-refractivity contribution in [1.82, 2.24) is 10.3 Å². The SMILES string of the molecule is COc1ccc([N+](=O)[O-])cc1CNCc1nc(C)cs1. The first-order chi connectivity index (χ1) is 9.60. The number of non-ortho nitro benzene ring substituents is 1. The van der Waals surface area contributed by atoms with Gasteiger partial charge < -0.3 is 10.1 Å². The van der Waals surface area contributed by atoms with E-state index in [4.69, 9.17) is 4.74 Å². The first kappa shape index (κ1) is 14.4. The quantitative estimate of drug-likeness (QED) is 0.654. The Morgan fingerprint density at radius 2 is 2.25 bits per heavy atom. The molecule has 7 heteroatoms. The van der Waals surface area contributed by atoms with Crippen LogP contribution < -0.4 is 10.1 Å². The Kier molecular flexibility index (Phi) is 4.65. The van der Waals surface area contributed by atoms with Crippen molar-refractivity contribution in [3.05, 3.63) is 50.0 Å². The van der Waals surface area contributed by atoms with Gasteiger partial charge in [0.15, 0.2) is 0 Å². The molecule has 0 aliphatic carbocycles. The zero-order chi connectivity index (χ0) is 14.5. The van der Waals surface area contributed by atoms with Crippen LogP contribution in [-0.4, -0.2) is 17.0 Å². The molecule has 106 valence electrons. The Balaban J connectivity index is 2.03. The van der Waals surface area contributed by atoms with E-state index in [9.17, 15) is 10.1 Å². The molecule has 0 radical (unpaired) electrons. The van der Waals surface area contributed by atoms with Crippen molar-refractivity contribution in [2.75, 3.05) is 7.11 Å². The number of nitrogens with zero attached hydrogens (tertiary/aromatic N) is 2. The molecular weight excluding hydrogens is 278 g/mol. The average Bonchev–Trinajstić information content (AvgIpc) is 2.84. The lowest BCUT2D eigenvalue weighted by atomic mass is 10.1. The van der Waals surface area contributed by atoms with Gasteiger partial charge in [-0.15, -0.1) is 11.3 Å². The summed E-state index contributed by atoms with van der Waals surface area (Å²) in [5.74, 6) is 0.637. The van der Waals surface area contributed by atoms with Crippen LogP contribution >= 0.6 is 11.3 Å². The fraction of sp³-hybridized carbons (Fsp3) is 0.308. The van der Waals surface area contributed by atoms with Crippen molar-refractivity contribution in [1.29, 1.82) is 0 Å². The summed E-state index contributed by atoms with van der Waals surface area (Å²) in [4.78, 5) is 14.7. The molecule has 0 fully saturated rings. The fourth-order valence-electron chi connectivity index (χ4n) is 1.80. The smallest absolute Gasteiger partial charge is 0.270 e. The Morgan fingerprint density at radius 3 is 2.85 bits per heavy atom. The fourth-order valence-corrected chi connectivity index (χ4v) is 2.55. The summed E-state index contributed by atoms with van der Waals surface area (Å²) in [6.45, 7) is 3.07. The minimum Gasteiger partial charge on any atom is -0.496 e. The predicted molar refractivity (Wildman–Crippen MR) is 77.0 cm³/mol. The molecule has 0 spiro atoms. The summed E-state index contributed by atoms with van der Waals surface area (Å²) >= 11 is 1.59. The van der Waals surface area contributed by atoms with Crippen LogP contribution in [0.3, 0.4) is 0 Å². The molecule has 0 bridgehead atoms. The minimum atomic E-state index is -0.410. The number of thiazole rings is 1. The number of nitro groups is 1. The van der Waals surface area contributed by atoms with Crippen molar-refractivity contribution < 1.29 is 9.66 Å². The van der Waals surface area contributed by atoms with Crippen molar-refractivity contribution in [2.24, 2.45) is 0 Å². The van der Waals surface area contributed by atoms with Gasteiger partial charge in [0.25, 0.3) is 5.69 Å². The number of aryl methyl sites for hydroxylation is 1. The highest BCUT2D eigenvalue weighted by atomic mass is 32.1. The van der Waals surface area contributed by atoms with Gasteiger partial charge in [0, 0.05) is 41.9 Å². The molecule has 6 nitrogen and oxygen atoms in total. The maximum atomic E-state index is 10.8. The van der Waals surface area contributed by atoms with Gasteiger partial charge in [0.2, 0.25) is 0 Å². The molecule has 20 heavy (non-hydrogen) atoms. The van der Waals surface area contributed by atoms with Crippen LogP contribution in [0.4, 0.5) is 5.69 Å². The van der Waals surface area contributed by atoms with Crippen LogP contribution in [0, 0.1) is 17.0 Å². The summed E-state index contributed by atoms with van der Waals surface area (Å²) in [6, 6.07) is 4.58. The summed E-state index contributed by atoms with van der Waals surface area (Å²) in [7, 11) is 1.55. The minimum absolute atomic E-state index is 0.0627. The molecule has 1 N–H and O–H groups in total. The lowest BCUT2D eigenvalue weighted by molar-refractivity contribution is -0.384. The van der Waals surface area contributed by atoms with Crippen molar-refractivity contribution in [3.63, 3.8) is 0 Å². The molecule has 0 amide bonds. The second kappa shape index (κ2) is 6.44. The Morgan fingerprint density at radius 1 is 1.45 bits per heavy atom. The number of rotatable bonds is 6. The molecule has 0 saturated heterocycles. The van der Waals surface area contributed by atoms with Gasteiger partial charge in [-0.2, -0.15) is 0 Å². The molecule has 0 unspecified atom stereocenters. The van der Waals surface area contributed by atoms with Crippen LogP contribution in [0.15, 0.2) is 23.6 Å². The van der Waals surface area contributed by atoms with Crippen LogP contribution in [0.5, 0.6) is 5.75 Å². The number of methoxy groups -OCH3 is 1. The number of benzene rings is 1. The van der Waals surface area contributed by atoms with E-state index in [1.165, 1.54) is 12.1 Å². The third-order valence-corrected chi connectivity index (χ3v) is 3.70.